The van der Waals surface area contributed by atoms with Gasteiger partial charge < -0.3 is 4.90 Å². The highest BCUT2D eigenvalue weighted by molar-refractivity contribution is 6.32. The summed E-state index contributed by atoms with van der Waals surface area (Å²) in [6, 6.07) is 0. The Morgan fingerprint density at radius 1 is 1.33 bits per heavy atom. The fourth-order valence-corrected chi connectivity index (χ4v) is 1.72. The van der Waals surface area contributed by atoms with Gasteiger partial charge in [0.25, 0.3) is 0 Å². The molecule has 0 aliphatic carbocycles. The average molecular weight is 227 g/mol. The molecule has 0 aromatic carbocycles. The Morgan fingerprint density at radius 3 is 2.47 bits per heavy atom. The number of halogens is 1. The number of likely N-dealkylation sites (N-methyl/N-ethyl adjacent to an activating group) is 1. The van der Waals surface area contributed by atoms with E-state index >= 15 is 0 Å². The maximum Gasteiger partial charge on any atom is 0.0444 e. The van der Waals surface area contributed by atoms with Gasteiger partial charge in [0.2, 0.25) is 0 Å². The van der Waals surface area contributed by atoms with Crippen LogP contribution in [0.4, 0.5) is 0 Å². The number of piperazine rings is 1. The van der Waals surface area contributed by atoms with Crippen LogP contribution >= 0.6 is 11.6 Å². The van der Waals surface area contributed by atoms with E-state index in [0.29, 0.717) is 5.03 Å². The summed E-state index contributed by atoms with van der Waals surface area (Å²) in [6.45, 7) is 12.9. The van der Waals surface area contributed by atoms with Crippen molar-refractivity contribution in [2.75, 3.05) is 39.8 Å². The van der Waals surface area contributed by atoms with Gasteiger partial charge in [-0.15, -0.1) is 0 Å². The van der Waals surface area contributed by atoms with Gasteiger partial charge in [-0.25, -0.2) is 0 Å². The minimum absolute atomic E-state index is 0.712. The summed E-state index contributed by atoms with van der Waals surface area (Å²) in [6.07, 6.45) is 3.48. The Hall–Kier alpha value is -0.570. The molecule has 0 spiro atoms. The third kappa shape index (κ3) is 4.20. The van der Waals surface area contributed by atoms with Crippen molar-refractivity contribution in [3.05, 3.63) is 35.9 Å². The third-order valence-corrected chi connectivity index (χ3v) is 3.01. The standard InChI is InChI=1S/C12H19ClN2/c1-4-5-12(13)11(2)10-15-8-6-14(3)7-9-15/h4-5H,1-2,6-10H2,3H3/b12-5+. The molecule has 0 bridgehead atoms. The van der Waals surface area contributed by atoms with Crippen LogP contribution in [-0.2, 0) is 0 Å². The highest BCUT2D eigenvalue weighted by Crippen LogP contribution is 2.15. The van der Waals surface area contributed by atoms with Crippen LogP contribution in [0.25, 0.3) is 0 Å². The molecule has 15 heavy (non-hydrogen) atoms. The van der Waals surface area contributed by atoms with Crippen LogP contribution in [0.3, 0.4) is 0 Å². The summed E-state index contributed by atoms with van der Waals surface area (Å²) in [5.41, 5.74) is 0.973. The second-order valence-electron chi connectivity index (χ2n) is 3.93. The predicted molar refractivity (Wildman–Crippen MR) is 67.2 cm³/mol. The van der Waals surface area contributed by atoms with Gasteiger partial charge in [-0.05, 0) is 18.7 Å². The van der Waals surface area contributed by atoms with Crippen molar-refractivity contribution in [2.24, 2.45) is 0 Å². The lowest BCUT2D eigenvalue weighted by Gasteiger charge is -2.32. The van der Waals surface area contributed by atoms with Gasteiger partial charge in [0.15, 0.2) is 0 Å². The van der Waals surface area contributed by atoms with Gasteiger partial charge in [0.1, 0.15) is 0 Å². The molecule has 1 heterocycles. The molecule has 1 rings (SSSR count). The predicted octanol–water partition coefficient (Wildman–Crippen LogP) is 2.10. The minimum Gasteiger partial charge on any atom is -0.304 e. The van der Waals surface area contributed by atoms with Gasteiger partial charge in [-0.2, -0.15) is 0 Å². The Kier molecular flexibility index (Phi) is 5.09. The van der Waals surface area contributed by atoms with E-state index in [1.54, 1.807) is 12.2 Å². The van der Waals surface area contributed by atoms with E-state index in [1.165, 1.54) is 0 Å². The fourth-order valence-electron chi connectivity index (χ4n) is 1.57. The molecule has 0 aromatic heterocycles. The van der Waals surface area contributed by atoms with Crippen molar-refractivity contribution in [3.8, 4) is 0 Å². The molecule has 0 N–H and O–H groups in total. The number of hydrogen-bond donors (Lipinski definition) is 0. The summed E-state index contributed by atoms with van der Waals surface area (Å²) in [7, 11) is 2.15. The molecule has 0 aromatic rings. The van der Waals surface area contributed by atoms with Crippen LogP contribution in [0, 0.1) is 0 Å². The molecule has 0 radical (unpaired) electrons. The summed E-state index contributed by atoms with van der Waals surface area (Å²) in [4.78, 5) is 4.71. The summed E-state index contributed by atoms with van der Waals surface area (Å²) in [5, 5.41) is 0.712. The smallest absolute Gasteiger partial charge is 0.0444 e. The van der Waals surface area contributed by atoms with Gasteiger partial charge >= 0.3 is 0 Å². The molecule has 0 unspecified atom stereocenters. The number of rotatable bonds is 4. The van der Waals surface area contributed by atoms with Crippen molar-refractivity contribution in [3.63, 3.8) is 0 Å². The van der Waals surface area contributed by atoms with Crippen molar-refractivity contribution in [2.45, 2.75) is 0 Å². The molecule has 1 fully saturated rings. The van der Waals surface area contributed by atoms with Crippen molar-refractivity contribution in [1.29, 1.82) is 0 Å². The van der Waals surface area contributed by atoms with Crippen LogP contribution in [-0.4, -0.2) is 49.6 Å². The molecular formula is C12H19ClN2. The first-order valence-corrected chi connectivity index (χ1v) is 5.58. The molecule has 0 saturated carbocycles. The van der Waals surface area contributed by atoms with E-state index < -0.39 is 0 Å². The molecule has 0 amide bonds. The van der Waals surface area contributed by atoms with Gasteiger partial charge in [0.05, 0.1) is 0 Å². The Balaban J connectivity index is 2.38. The highest BCUT2D eigenvalue weighted by atomic mass is 35.5. The Labute approximate surface area is 97.5 Å². The SMILES string of the molecule is C=C/C=C(/Cl)C(=C)CN1CCN(C)CC1. The van der Waals surface area contributed by atoms with Crippen molar-refractivity contribution < 1.29 is 0 Å². The zero-order valence-electron chi connectivity index (χ0n) is 9.38. The first kappa shape index (κ1) is 12.5. The topological polar surface area (TPSA) is 6.48 Å². The lowest BCUT2D eigenvalue weighted by Crippen LogP contribution is -2.44. The lowest BCUT2D eigenvalue weighted by atomic mass is 10.2. The first-order chi connectivity index (χ1) is 7.13. The first-order valence-electron chi connectivity index (χ1n) is 5.20. The Morgan fingerprint density at radius 2 is 1.93 bits per heavy atom. The monoisotopic (exact) mass is 226 g/mol. The van der Waals surface area contributed by atoms with E-state index in [-0.39, 0.29) is 0 Å². The summed E-state index contributed by atoms with van der Waals surface area (Å²) < 4.78 is 0. The summed E-state index contributed by atoms with van der Waals surface area (Å²) >= 11 is 6.03. The minimum atomic E-state index is 0.712. The number of nitrogens with zero attached hydrogens (tertiary/aromatic N) is 2. The summed E-state index contributed by atoms with van der Waals surface area (Å²) in [5.74, 6) is 0. The van der Waals surface area contributed by atoms with Gasteiger partial charge in [-0.3, -0.25) is 4.90 Å². The van der Waals surface area contributed by atoms with Crippen LogP contribution < -0.4 is 0 Å². The molecule has 84 valence electrons. The van der Waals surface area contributed by atoms with E-state index in [4.69, 9.17) is 11.6 Å². The average Bonchev–Trinajstić information content (AvgIpc) is 2.22. The quantitative estimate of drug-likeness (QED) is 0.678. The van der Waals surface area contributed by atoms with E-state index in [9.17, 15) is 0 Å². The third-order valence-electron chi connectivity index (χ3n) is 2.61. The molecule has 0 atom stereocenters. The van der Waals surface area contributed by atoms with Gasteiger partial charge in [0, 0.05) is 37.8 Å². The molecule has 1 saturated heterocycles. The number of allylic oxidation sites excluding steroid dienone is 2. The van der Waals surface area contributed by atoms with E-state index in [1.807, 2.05) is 0 Å². The Bertz CT molecular complexity index is 263. The van der Waals surface area contributed by atoms with Crippen LogP contribution in [0.2, 0.25) is 0 Å². The van der Waals surface area contributed by atoms with Crippen LogP contribution in [0.1, 0.15) is 0 Å². The van der Waals surface area contributed by atoms with Crippen molar-refractivity contribution >= 4 is 11.6 Å². The molecular weight excluding hydrogens is 208 g/mol. The van der Waals surface area contributed by atoms with E-state index in [2.05, 4.69) is 30.0 Å². The maximum absolute atomic E-state index is 6.03. The number of hydrogen-bond acceptors (Lipinski definition) is 2. The van der Waals surface area contributed by atoms with Crippen LogP contribution in [0.15, 0.2) is 35.9 Å². The fraction of sp³-hybridized carbons (Fsp3) is 0.500. The van der Waals surface area contributed by atoms with E-state index in [0.717, 1.165) is 38.3 Å². The highest BCUT2D eigenvalue weighted by Gasteiger charge is 2.14. The molecule has 2 nitrogen and oxygen atoms in total. The second kappa shape index (κ2) is 6.11. The lowest BCUT2D eigenvalue weighted by molar-refractivity contribution is 0.165. The normalized spacial score (nSPS) is 20.3. The van der Waals surface area contributed by atoms with Crippen molar-refractivity contribution in [1.82, 2.24) is 9.80 Å². The molecule has 3 heteroatoms. The zero-order valence-corrected chi connectivity index (χ0v) is 10.1. The maximum atomic E-state index is 6.03. The largest absolute Gasteiger partial charge is 0.304 e. The zero-order chi connectivity index (χ0) is 11.3. The second-order valence-corrected chi connectivity index (χ2v) is 4.34. The molecule has 1 aliphatic heterocycles. The van der Waals surface area contributed by atoms with Crippen LogP contribution in [0.5, 0.6) is 0 Å². The van der Waals surface area contributed by atoms with Gasteiger partial charge in [-0.1, -0.05) is 30.8 Å². The molecule has 1 aliphatic rings.